The molecule has 2 aromatic rings. The Kier molecular flexibility index (Phi) is 2.64. The van der Waals surface area contributed by atoms with Gasteiger partial charge in [-0.1, -0.05) is 0 Å². The topological polar surface area (TPSA) is 63.6 Å². The van der Waals surface area contributed by atoms with Gasteiger partial charge in [0.05, 0.1) is 6.20 Å². The summed E-state index contributed by atoms with van der Waals surface area (Å²) >= 11 is 1.33. The highest BCUT2D eigenvalue weighted by molar-refractivity contribution is 7.09. The quantitative estimate of drug-likeness (QED) is 0.824. The fourth-order valence-corrected chi connectivity index (χ4v) is 1.61. The maximum absolute atomic E-state index is 4.26. The minimum absolute atomic E-state index is 0.624. The van der Waals surface area contributed by atoms with Crippen LogP contribution in [0.1, 0.15) is 6.92 Å². The standard InChI is InChI=1S/C8H9N5S/c1-2-10-8-12-7(13-14-8)6-5-9-3-4-11-6/h3-5H,2H2,1H3,(H,10,12,13). The number of hydrogen-bond donors (Lipinski definition) is 1. The van der Waals surface area contributed by atoms with E-state index in [4.69, 9.17) is 0 Å². The van der Waals surface area contributed by atoms with Gasteiger partial charge in [-0.05, 0) is 6.92 Å². The van der Waals surface area contributed by atoms with Crippen LogP contribution in [0.15, 0.2) is 18.6 Å². The van der Waals surface area contributed by atoms with Crippen LogP contribution >= 0.6 is 11.5 Å². The van der Waals surface area contributed by atoms with Gasteiger partial charge in [-0.2, -0.15) is 9.36 Å². The van der Waals surface area contributed by atoms with Crippen LogP contribution in [0.5, 0.6) is 0 Å². The average Bonchev–Trinajstić information content (AvgIpc) is 2.68. The van der Waals surface area contributed by atoms with Gasteiger partial charge in [-0.15, -0.1) is 0 Å². The molecule has 0 bridgehead atoms. The molecule has 2 heterocycles. The molecule has 0 aliphatic carbocycles. The molecule has 0 aliphatic heterocycles. The molecule has 2 rings (SSSR count). The summed E-state index contributed by atoms with van der Waals surface area (Å²) in [5.74, 6) is 0.624. The molecule has 0 atom stereocenters. The zero-order valence-corrected chi connectivity index (χ0v) is 8.45. The van der Waals surface area contributed by atoms with E-state index in [2.05, 4.69) is 24.6 Å². The Balaban J connectivity index is 2.25. The first-order chi connectivity index (χ1) is 6.90. The number of nitrogens with one attached hydrogen (secondary N) is 1. The molecule has 0 saturated heterocycles. The molecule has 1 N–H and O–H groups in total. The van der Waals surface area contributed by atoms with Crippen LogP contribution in [0.3, 0.4) is 0 Å². The largest absolute Gasteiger partial charge is 0.361 e. The average molecular weight is 207 g/mol. The molecule has 14 heavy (non-hydrogen) atoms. The number of hydrogen-bond acceptors (Lipinski definition) is 6. The van der Waals surface area contributed by atoms with Crippen molar-refractivity contribution in [3.05, 3.63) is 18.6 Å². The monoisotopic (exact) mass is 207 g/mol. The van der Waals surface area contributed by atoms with E-state index in [1.54, 1.807) is 18.6 Å². The predicted octanol–water partition coefficient (Wildman–Crippen LogP) is 1.43. The molecule has 0 aromatic carbocycles. The van der Waals surface area contributed by atoms with Crippen LogP contribution in [-0.2, 0) is 0 Å². The Morgan fingerprint density at radius 1 is 1.43 bits per heavy atom. The maximum Gasteiger partial charge on any atom is 0.202 e. The Morgan fingerprint density at radius 2 is 2.36 bits per heavy atom. The van der Waals surface area contributed by atoms with Crippen molar-refractivity contribution in [2.75, 3.05) is 11.9 Å². The summed E-state index contributed by atoms with van der Waals surface area (Å²) in [6.07, 6.45) is 4.90. The first kappa shape index (κ1) is 9.01. The summed E-state index contributed by atoms with van der Waals surface area (Å²) in [6.45, 7) is 2.86. The Labute approximate surface area is 85.4 Å². The van der Waals surface area contributed by atoms with E-state index in [9.17, 15) is 0 Å². The van der Waals surface area contributed by atoms with E-state index >= 15 is 0 Å². The fraction of sp³-hybridized carbons (Fsp3) is 0.250. The number of rotatable bonds is 3. The van der Waals surface area contributed by atoms with E-state index in [1.165, 1.54) is 11.5 Å². The first-order valence-corrected chi connectivity index (χ1v) is 5.01. The van der Waals surface area contributed by atoms with Crippen LogP contribution in [0, 0.1) is 0 Å². The van der Waals surface area contributed by atoms with Crippen molar-refractivity contribution < 1.29 is 0 Å². The second kappa shape index (κ2) is 4.10. The van der Waals surface area contributed by atoms with Crippen molar-refractivity contribution in [2.24, 2.45) is 0 Å². The molecule has 2 aromatic heterocycles. The van der Waals surface area contributed by atoms with Crippen molar-refractivity contribution >= 4 is 16.7 Å². The third-order valence-electron chi connectivity index (χ3n) is 1.55. The highest BCUT2D eigenvalue weighted by Crippen LogP contribution is 2.17. The molecule has 0 radical (unpaired) electrons. The first-order valence-electron chi connectivity index (χ1n) is 4.24. The molecule has 0 aliphatic rings. The lowest BCUT2D eigenvalue weighted by Gasteiger charge is -1.93. The number of aromatic nitrogens is 4. The Morgan fingerprint density at radius 3 is 3.07 bits per heavy atom. The van der Waals surface area contributed by atoms with Crippen LogP contribution < -0.4 is 5.32 Å². The Bertz CT molecular complexity index is 399. The lowest BCUT2D eigenvalue weighted by Crippen LogP contribution is -1.95. The van der Waals surface area contributed by atoms with E-state index < -0.39 is 0 Å². The summed E-state index contributed by atoms with van der Waals surface area (Å²) in [4.78, 5) is 12.3. The van der Waals surface area contributed by atoms with E-state index in [-0.39, 0.29) is 0 Å². The second-order valence-electron chi connectivity index (χ2n) is 2.54. The van der Waals surface area contributed by atoms with Crippen molar-refractivity contribution in [3.8, 4) is 11.5 Å². The molecule has 0 spiro atoms. The summed E-state index contributed by atoms with van der Waals surface area (Å²) < 4.78 is 4.17. The van der Waals surface area contributed by atoms with Crippen LogP contribution in [0.25, 0.3) is 11.5 Å². The smallest absolute Gasteiger partial charge is 0.202 e. The van der Waals surface area contributed by atoms with Crippen LogP contribution in [-0.4, -0.2) is 25.9 Å². The van der Waals surface area contributed by atoms with Crippen molar-refractivity contribution in [1.82, 2.24) is 19.3 Å². The molecule has 72 valence electrons. The summed E-state index contributed by atoms with van der Waals surface area (Å²) in [5, 5.41) is 3.91. The third kappa shape index (κ3) is 1.85. The Hall–Kier alpha value is -1.56. The minimum atomic E-state index is 0.624. The molecule has 0 fully saturated rings. The summed E-state index contributed by atoms with van der Waals surface area (Å²) in [5.41, 5.74) is 0.702. The van der Waals surface area contributed by atoms with Crippen molar-refractivity contribution in [3.63, 3.8) is 0 Å². The molecular weight excluding hydrogens is 198 g/mol. The zero-order chi connectivity index (χ0) is 9.80. The van der Waals surface area contributed by atoms with Gasteiger partial charge in [0.15, 0.2) is 5.82 Å². The van der Waals surface area contributed by atoms with Gasteiger partial charge in [-0.25, -0.2) is 4.98 Å². The highest BCUT2D eigenvalue weighted by Gasteiger charge is 2.06. The van der Waals surface area contributed by atoms with Crippen LogP contribution in [0.4, 0.5) is 5.13 Å². The van der Waals surface area contributed by atoms with Crippen molar-refractivity contribution in [1.29, 1.82) is 0 Å². The second-order valence-corrected chi connectivity index (χ2v) is 3.30. The molecule has 6 heteroatoms. The fourth-order valence-electron chi connectivity index (χ4n) is 0.965. The van der Waals surface area contributed by atoms with E-state index in [1.807, 2.05) is 6.92 Å². The molecular formula is C8H9N5S. The summed E-state index contributed by atoms with van der Waals surface area (Å²) in [7, 11) is 0. The molecule has 0 unspecified atom stereocenters. The SMILES string of the molecule is CCNc1nc(-c2cnccn2)ns1. The van der Waals surface area contributed by atoms with E-state index in [0.717, 1.165) is 11.7 Å². The number of anilines is 1. The normalized spacial score (nSPS) is 10.1. The highest BCUT2D eigenvalue weighted by atomic mass is 32.1. The third-order valence-corrected chi connectivity index (χ3v) is 2.22. The van der Waals surface area contributed by atoms with Gasteiger partial charge in [0, 0.05) is 30.5 Å². The lowest BCUT2D eigenvalue weighted by atomic mass is 10.4. The van der Waals surface area contributed by atoms with Gasteiger partial charge < -0.3 is 5.32 Å². The lowest BCUT2D eigenvalue weighted by molar-refractivity contribution is 1.15. The number of nitrogens with zero attached hydrogens (tertiary/aromatic N) is 4. The van der Waals surface area contributed by atoms with E-state index in [0.29, 0.717) is 11.5 Å². The minimum Gasteiger partial charge on any atom is -0.361 e. The molecule has 0 amide bonds. The maximum atomic E-state index is 4.26. The van der Waals surface area contributed by atoms with Gasteiger partial charge in [-0.3, -0.25) is 4.98 Å². The van der Waals surface area contributed by atoms with Gasteiger partial charge >= 0.3 is 0 Å². The van der Waals surface area contributed by atoms with Gasteiger partial charge in [0.1, 0.15) is 5.69 Å². The van der Waals surface area contributed by atoms with Crippen LogP contribution in [0.2, 0.25) is 0 Å². The van der Waals surface area contributed by atoms with Crippen molar-refractivity contribution in [2.45, 2.75) is 6.92 Å². The molecule has 0 saturated carbocycles. The zero-order valence-electron chi connectivity index (χ0n) is 7.64. The van der Waals surface area contributed by atoms with Gasteiger partial charge in [0.2, 0.25) is 5.13 Å². The molecule has 5 nitrogen and oxygen atoms in total. The predicted molar refractivity (Wildman–Crippen MR) is 55.1 cm³/mol. The van der Waals surface area contributed by atoms with Gasteiger partial charge in [0.25, 0.3) is 0 Å². The summed E-state index contributed by atoms with van der Waals surface area (Å²) in [6, 6.07) is 0.